The molecule has 3 rings (SSSR count). The average molecular weight is 367 g/mol. The minimum absolute atomic E-state index is 0.126. The lowest BCUT2D eigenvalue weighted by molar-refractivity contribution is 0.0172. The molecule has 1 fully saturated rings. The summed E-state index contributed by atoms with van der Waals surface area (Å²) in [5.74, 6) is 0.950. The van der Waals surface area contributed by atoms with Crippen LogP contribution in [-0.2, 0) is 4.74 Å². The van der Waals surface area contributed by atoms with Crippen LogP contribution in [-0.4, -0.2) is 43.6 Å². The molecular weight excluding hydrogens is 338 g/mol. The third-order valence-corrected chi connectivity index (χ3v) is 4.93. The van der Waals surface area contributed by atoms with Gasteiger partial charge in [-0.3, -0.25) is 9.69 Å². The number of rotatable bonds is 9. The average Bonchev–Trinajstić information content (AvgIpc) is 2.73. The van der Waals surface area contributed by atoms with E-state index in [1.54, 1.807) is 0 Å². The molecule has 4 nitrogen and oxygen atoms in total. The van der Waals surface area contributed by atoms with Crippen LogP contribution in [0.1, 0.15) is 48.1 Å². The molecule has 0 aliphatic carbocycles. The second kappa shape index (κ2) is 10.2. The number of nitrogens with zero attached hydrogens (tertiary/aromatic N) is 1. The Hall–Kier alpha value is -2.17. The number of ketones is 1. The summed E-state index contributed by atoms with van der Waals surface area (Å²) >= 11 is 0. The lowest BCUT2D eigenvalue weighted by Gasteiger charge is -2.33. The summed E-state index contributed by atoms with van der Waals surface area (Å²) in [7, 11) is 0. The van der Waals surface area contributed by atoms with Gasteiger partial charge in [0, 0.05) is 18.7 Å². The summed E-state index contributed by atoms with van der Waals surface area (Å²) in [6, 6.07) is 17.3. The molecule has 1 atom stereocenters. The molecule has 1 heterocycles. The number of hydrogen-bond donors (Lipinski definition) is 0. The third-order valence-electron chi connectivity index (χ3n) is 4.93. The van der Waals surface area contributed by atoms with Crippen molar-refractivity contribution in [3.8, 4) is 5.75 Å². The molecule has 0 spiro atoms. The standard InChI is InChI=1S/C23H29NO3/c1-2-3-7-16-27-21-12-10-20(11-13-21)23(25)22(19-8-5-4-6-9-19)24-14-17-26-18-15-24/h4-6,8-13,22H,2-3,7,14-18H2,1H3/t22-/m0/s1. The first kappa shape index (κ1) is 19.6. The zero-order valence-corrected chi connectivity index (χ0v) is 16.1. The monoisotopic (exact) mass is 367 g/mol. The molecular formula is C23H29NO3. The van der Waals surface area contributed by atoms with E-state index in [9.17, 15) is 4.79 Å². The second-order valence-corrected chi connectivity index (χ2v) is 6.91. The lowest BCUT2D eigenvalue weighted by atomic mass is 9.95. The van der Waals surface area contributed by atoms with E-state index in [2.05, 4.69) is 11.8 Å². The third kappa shape index (κ3) is 5.41. The zero-order valence-electron chi connectivity index (χ0n) is 16.1. The van der Waals surface area contributed by atoms with Crippen molar-refractivity contribution in [3.63, 3.8) is 0 Å². The van der Waals surface area contributed by atoms with Gasteiger partial charge in [0.15, 0.2) is 5.78 Å². The van der Waals surface area contributed by atoms with Crippen LogP contribution in [0.2, 0.25) is 0 Å². The highest BCUT2D eigenvalue weighted by Gasteiger charge is 2.29. The molecule has 4 heteroatoms. The first-order chi connectivity index (χ1) is 13.3. The van der Waals surface area contributed by atoms with Gasteiger partial charge in [0.25, 0.3) is 0 Å². The highest BCUT2D eigenvalue weighted by molar-refractivity contribution is 6.00. The fourth-order valence-corrected chi connectivity index (χ4v) is 3.41. The molecule has 1 saturated heterocycles. The molecule has 0 unspecified atom stereocenters. The number of ether oxygens (including phenoxy) is 2. The van der Waals surface area contributed by atoms with Crippen LogP contribution in [0.3, 0.4) is 0 Å². The molecule has 0 saturated carbocycles. The normalized spacial score (nSPS) is 16.0. The molecule has 2 aromatic rings. The molecule has 0 N–H and O–H groups in total. The number of benzene rings is 2. The van der Waals surface area contributed by atoms with Crippen molar-refractivity contribution in [2.75, 3.05) is 32.9 Å². The highest BCUT2D eigenvalue weighted by atomic mass is 16.5. The number of hydrogen-bond acceptors (Lipinski definition) is 4. The summed E-state index contributed by atoms with van der Waals surface area (Å²) in [5, 5.41) is 0. The van der Waals surface area contributed by atoms with E-state index >= 15 is 0 Å². The van der Waals surface area contributed by atoms with Gasteiger partial charge in [0.2, 0.25) is 0 Å². The fourth-order valence-electron chi connectivity index (χ4n) is 3.41. The molecule has 2 aromatic carbocycles. The van der Waals surface area contributed by atoms with E-state index in [1.807, 2.05) is 54.6 Å². The Morgan fingerprint density at radius 1 is 1.04 bits per heavy atom. The molecule has 27 heavy (non-hydrogen) atoms. The van der Waals surface area contributed by atoms with Crippen molar-refractivity contribution in [2.45, 2.75) is 32.2 Å². The zero-order chi connectivity index (χ0) is 18.9. The van der Waals surface area contributed by atoms with E-state index in [1.165, 1.54) is 12.8 Å². The topological polar surface area (TPSA) is 38.8 Å². The summed E-state index contributed by atoms with van der Waals surface area (Å²) in [6.07, 6.45) is 3.42. The van der Waals surface area contributed by atoms with E-state index in [4.69, 9.17) is 9.47 Å². The minimum Gasteiger partial charge on any atom is -0.494 e. The van der Waals surface area contributed by atoms with Crippen molar-refractivity contribution in [1.82, 2.24) is 4.90 Å². The first-order valence-electron chi connectivity index (χ1n) is 9.93. The highest BCUT2D eigenvalue weighted by Crippen LogP contribution is 2.27. The van der Waals surface area contributed by atoms with E-state index in [-0.39, 0.29) is 11.8 Å². The molecule has 0 bridgehead atoms. The van der Waals surface area contributed by atoms with Gasteiger partial charge in [0.1, 0.15) is 5.75 Å². The summed E-state index contributed by atoms with van der Waals surface area (Å²) in [4.78, 5) is 15.6. The Bertz CT molecular complexity index is 693. The van der Waals surface area contributed by atoms with Gasteiger partial charge in [0.05, 0.1) is 25.9 Å². The maximum Gasteiger partial charge on any atom is 0.184 e. The van der Waals surface area contributed by atoms with Crippen LogP contribution in [0.5, 0.6) is 5.75 Å². The van der Waals surface area contributed by atoms with Gasteiger partial charge in [-0.2, -0.15) is 0 Å². The number of carbonyl (C=O) groups excluding carboxylic acids is 1. The molecule has 144 valence electrons. The predicted octanol–water partition coefficient (Wildman–Crippen LogP) is 4.51. The number of carbonyl (C=O) groups is 1. The Morgan fingerprint density at radius 2 is 1.74 bits per heavy atom. The number of Topliss-reactive ketones (excluding diaryl/α,β-unsaturated/α-hetero) is 1. The summed E-state index contributed by atoms with van der Waals surface area (Å²) in [6.45, 7) is 5.77. The lowest BCUT2D eigenvalue weighted by Crippen LogP contribution is -2.42. The maximum absolute atomic E-state index is 13.3. The summed E-state index contributed by atoms with van der Waals surface area (Å²) < 4.78 is 11.2. The van der Waals surface area contributed by atoms with E-state index < -0.39 is 0 Å². The predicted molar refractivity (Wildman–Crippen MR) is 107 cm³/mol. The van der Waals surface area contributed by atoms with Crippen molar-refractivity contribution in [3.05, 3.63) is 65.7 Å². The van der Waals surface area contributed by atoms with Crippen molar-refractivity contribution in [1.29, 1.82) is 0 Å². The molecule has 0 aromatic heterocycles. The smallest absolute Gasteiger partial charge is 0.184 e. The van der Waals surface area contributed by atoms with Crippen molar-refractivity contribution < 1.29 is 14.3 Å². The Labute approximate surface area is 162 Å². The molecule has 0 radical (unpaired) electrons. The largest absolute Gasteiger partial charge is 0.494 e. The first-order valence-corrected chi connectivity index (χ1v) is 9.93. The molecule has 1 aliphatic heterocycles. The number of morpholine rings is 1. The summed E-state index contributed by atoms with van der Waals surface area (Å²) in [5.41, 5.74) is 1.75. The van der Waals surface area contributed by atoms with Crippen LogP contribution in [0.4, 0.5) is 0 Å². The quantitative estimate of drug-likeness (QED) is 0.483. The van der Waals surface area contributed by atoms with E-state index in [0.717, 1.165) is 43.0 Å². The Kier molecular flexibility index (Phi) is 7.43. The van der Waals surface area contributed by atoms with Crippen LogP contribution < -0.4 is 4.74 Å². The van der Waals surface area contributed by atoms with Gasteiger partial charge in [-0.25, -0.2) is 0 Å². The van der Waals surface area contributed by atoms with E-state index in [0.29, 0.717) is 13.2 Å². The van der Waals surface area contributed by atoms with Gasteiger partial charge in [-0.05, 0) is 36.2 Å². The SMILES string of the molecule is CCCCCOc1ccc(C(=O)[C@H](c2ccccc2)N2CCOCC2)cc1. The number of unbranched alkanes of at least 4 members (excludes halogenated alkanes) is 2. The van der Waals surface area contributed by atoms with Gasteiger partial charge in [-0.1, -0.05) is 50.1 Å². The molecule has 1 aliphatic rings. The van der Waals surface area contributed by atoms with Crippen LogP contribution in [0, 0.1) is 0 Å². The fraction of sp³-hybridized carbons (Fsp3) is 0.435. The van der Waals surface area contributed by atoms with Gasteiger partial charge < -0.3 is 9.47 Å². The maximum atomic E-state index is 13.3. The Morgan fingerprint density at radius 3 is 2.41 bits per heavy atom. The van der Waals surface area contributed by atoms with Crippen LogP contribution >= 0.6 is 0 Å². The van der Waals surface area contributed by atoms with Gasteiger partial charge in [-0.15, -0.1) is 0 Å². The minimum atomic E-state index is -0.272. The second-order valence-electron chi connectivity index (χ2n) is 6.91. The Balaban J connectivity index is 1.73. The van der Waals surface area contributed by atoms with Crippen LogP contribution in [0.15, 0.2) is 54.6 Å². The molecule has 0 amide bonds. The van der Waals surface area contributed by atoms with Crippen molar-refractivity contribution >= 4 is 5.78 Å². The van der Waals surface area contributed by atoms with Crippen LogP contribution in [0.25, 0.3) is 0 Å². The van der Waals surface area contributed by atoms with Crippen molar-refractivity contribution in [2.24, 2.45) is 0 Å². The van der Waals surface area contributed by atoms with Gasteiger partial charge >= 0.3 is 0 Å².